The number of rotatable bonds is 8. The number of unbranched alkanes of at least 4 members (excludes halogenated alkanes) is 2. The van der Waals surface area contributed by atoms with Crippen LogP contribution in [0.25, 0.3) is 23.3 Å². The van der Waals surface area contributed by atoms with Crippen LogP contribution in [0.15, 0.2) is 54.6 Å². The topological polar surface area (TPSA) is 0 Å². The van der Waals surface area contributed by atoms with Crippen LogP contribution in [0.3, 0.4) is 0 Å². The van der Waals surface area contributed by atoms with Gasteiger partial charge in [0.2, 0.25) is 0 Å². The fourth-order valence-electron chi connectivity index (χ4n) is 8.11. The Kier molecular flexibility index (Phi) is 10.8. The van der Waals surface area contributed by atoms with E-state index in [1.54, 1.807) is 16.7 Å². The van der Waals surface area contributed by atoms with Gasteiger partial charge in [0.15, 0.2) is 0 Å². The third-order valence-corrected chi connectivity index (χ3v) is 20.0. The summed E-state index contributed by atoms with van der Waals surface area (Å²) in [6.45, 7) is 24.3. The summed E-state index contributed by atoms with van der Waals surface area (Å²) in [6.07, 6.45) is 21.8. The van der Waals surface area contributed by atoms with Gasteiger partial charge in [0, 0.05) is 0 Å². The van der Waals surface area contributed by atoms with Crippen molar-refractivity contribution in [3.8, 4) is 11.1 Å². The van der Waals surface area contributed by atoms with Crippen molar-refractivity contribution < 1.29 is 46.1 Å². The van der Waals surface area contributed by atoms with Gasteiger partial charge in [-0.1, -0.05) is 0 Å². The van der Waals surface area contributed by atoms with Gasteiger partial charge in [-0.3, -0.25) is 0 Å². The van der Waals surface area contributed by atoms with Crippen LogP contribution in [0.4, 0.5) is 0 Å². The van der Waals surface area contributed by atoms with E-state index in [9.17, 15) is 0 Å². The van der Waals surface area contributed by atoms with Gasteiger partial charge >= 0.3 is 272 Å². The van der Waals surface area contributed by atoms with Gasteiger partial charge in [-0.2, -0.15) is 0 Å². The number of halogens is 2. The molecule has 240 valence electrons. The Morgan fingerprint density at radius 1 is 0.822 bits per heavy atom. The maximum atomic E-state index is 2.72. The number of hydrogen-bond donors (Lipinski definition) is 0. The van der Waals surface area contributed by atoms with Gasteiger partial charge in [0.25, 0.3) is 0 Å². The molecule has 2 aromatic rings. The summed E-state index contributed by atoms with van der Waals surface area (Å²) in [4.78, 5) is 0. The molecule has 1 atom stereocenters. The van der Waals surface area contributed by atoms with Crippen LogP contribution in [0.2, 0.25) is 0 Å². The van der Waals surface area contributed by atoms with Gasteiger partial charge in [-0.15, -0.1) is 0 Å². The molecule has 0 fully saturated rings. The molecule has 0 bridgehead atoms. The van der Waals surface area contributed by atoms with Crippen LogP contribution in [0.1, 0.15) is 141 Å². The van der Waals surface area contributed by atoms with Crippen LogP contribution >= 0.6 is 0 Å². The summed E-state index contributed by atoms with van der Waals surface area (Å²) in [5.41, 5.74) is 14.0. The minimum Gasteiger partial charge on any atom is -1.00 e. The molecule has 0 heterocycles. The van der Waals surface area contributed by atoms with E-state index in [1.807, 2.05) is 9.77 Å². The molecule has 0 amide bonds. The summed E-state index contributed by atoms with van der Waals surface area (Å²) >= 11 is -2.35. The molecule has 0 radical (unpaired) electrons. The predicted octanol–water partition coefficient (Wildman–Crippen LogP) is 5.88. The average molecular weight is 721 g/mol. The zero-order valence-corrected chi connectivity index (χ0v) is 33.4. The molecule has 0 N–H and O–H groups in total. The zero-order chi connectivity index (χ0) is 30.9. The number of allylic oxidation sites excluding steroid dienone is 6. The molecule has 0 saturated heterocycles. The van der Waals surface area contributed by atoms with E-state index >= 15 is 0 Å². The maximum absolute atomic E-state index is 2.72. The largest absolute Gasteiger partial charge is 1.00 e. The SMILES string of the molecule is CCCC[C](CCCC)=[Zr+2]([C]1=CC(C(C)(C)C)=CC1C)[C]1=Cc2cc3c(cc2C1(C)C)Cc1cc2c(cc1-3)C=CC2(C)C.[Cl-].[Cl-]. The molecule has 0 spiro atoms. The number of hydrogen-bond acceptors (Lipinski definition) is 0. The van der Waals surface area contributed by atoms with Crippen LogP contribution in [-0.2, 0) is 38.5 Å². The minimum atomic E-state index is -2.35. The Morgan fingerprint density at radius 3 is 1.96 bits per heavy atom. The number of benzene rings is 2. The van der Waals surface area contributed by atoms with Crippen LogP contribution < -0.4 is 24.8 Å². The molecule has 4 aliphatic carbocycles. The molecular weight excluding hydrogens is 667 g/mol. The molecule has 0 nitrogen and oxygen atoms in total. The summed E-state index contributed by atoms with van der Waals surface area (Å²) in [7, 11) is 0. The molecule has 45 heavy (non-hydrogen) atoms. The van der Waals surface area contributed by atoms with Crippen molar-refractivity contribution >= 4 is 15.4 Å². The summed E-state index contributed by atoms with van der Waals surface area (Å²) < 4.78 is 5.64. The first-order valence-corrected chi connectivity index (χ1v) is 20.9. The van der Waals surface area contributed by atoms with E-state index in [1.165, 1.54) is 71.9 Å². The van der Waals surface area contributed by atoms with Crippen molar-refractivity contribution in [3.63, 3.8) is 0 Å². The standard InChI is InChI=1S/C23H21.C10H15.C9H18.2ClH.Zr/c1-22(2)7-5-14-10-18-16(12-20(14)22)9-17-13-21-15(11-19(17)18)6-8-23(21,3)4;1-8-5-6-9(7-8)10(2,3)4;1-3-5-7-9-8-6-4-2;;;/h5-7,10-13H,9H2,1-4H3;6-8H,1-4H3;3-8H2,1-2H3;2*1H;/q;;;;;+2/p-2. The Hall–Kier alpha value is -1.27. The van der Waals surface area contributed by atoms with Gasteiger partial charge in [-0.25, -0.2) is 0 Å². The second kappa shape index (κ2) is 13.3. The van der Waals surface area contributed by atoms with E-state index in [-0.39, 0.29) is 41.1 Å². The predicted molar refractivity (Wildman–Crippen MR) is 187 cm³/mol. The van der Waals surface area contributed by atoms with Crippen LogP contribution in [0.5, 0.6) is 0 Å². The second-order valence-corrected chi connectivity index (χ2v) is 22.4. The molecule has 3 heteroatoms. The minimum absolute atomic E-state index is 0. The normalized spacial score (nSPS) is 19.2. The molecule has 0 aromatic heterocycles. The van der Waals surface area contributed by atoms with E-state index in [0.29, 0.717) is 5.92 Å². The first-order valence-electron chi connectivity index (χ1n) is 17.2. The molecule has 0 saturated carbocycles. The van der Waals surface area contributed by atoms with Gasteiger partial charge in [0.05, 0.1) is 0 Å². The third kappa shape index (κ3) is 6.46. The Bertz CT molecular complexity index is 1640. The van der Waals surface area contributed by atoms with Gasteiger partial charge < -0.3 is 24.8 Å². The van der Waals surface area contributed by atoms with Gasteiger partial charge in [-0.05, 0) is 0 Å². The van der Waals surface area contributed by atoms with Crippen LogP contribution in [-0.4, -0.2) is 3.21 Å². The maximum Gasteiger partial charge on any atom is -1.00 e. The molecule has 0 aliphatic heterocycles. The molecular formula is C42H54Cl2Zr. The molecule has 4 aliphatic rings. The van der Waals surface area contributed by atoms with E-state index in [4.69, 9.17) is 0 Å². The third-order valence-electron chi connectivity index (χ3n) is 10.9. The molecule has 2 aromatic carbocycles. The Labute approximate surface area is 294 Å². The summed E-state index contributed by atoms with van der Waals surface area (Å²) in [5, 5.41) is 0. The fraction of sp³-hybridized carbons (Fsp3) is 0.500. The fourth-order valence-corrected chi connectivity index (χ4v) is 17.6. The van der Waals surface area contributed by atoms with Crippen molar-refractivity contribution in [2.75, 3.05) is 0 Å². The van der Waals surface area contributed by atoms with Crippen molar-refractivity contribution in [1.29, 1.82) is 0 Å². The van der Waals surface area contributed by atoms with Crippen molar-refractivity contribution in [1.82, 2.24) is 0 Å². The zero-order valence-electron chi connectivity index (χ0n) is 29.5. The molecule has 1 unspecified atom stereocenters. The van der Waals surface area contributed by atoms with Crippen molar-refractivity contribution in [3.05, 3.63) is 88.0 Å². The smallest absolute Gasteiger partial charge is 1.00 e. The summed E-state index contributed by atoms with van der Waals surface area (Å²) in [6, 6.07) is 10.2. The first kappa shape index (κ1) is 36.6. The van der Waals surface area contributed by atoms with E-state index < -0.39 is 21.3 Å². The first-order chi connectivity index (χ1) is 20.3. The summed E-state index contributed by atoms with van der Waals surface area (Å²) in [5.74, 6) is 0.568. The Balaban J connectivity index is 0.00000230. The van der Waals surface area contributed by atoms with Crippen LogP contribution in [0, 0.1) is 11.3 Å². The average Bonchev–Trinajstić information content (AvgIpc) is 3.65. The van der Waals surface area contributed by atoms with E-state index in [0.717, 1.165) is 6.42 Å². The number of fused-ring (bicyclic) bond motifs is 5. The Morgan fingerprint density at radius 2 is 1.40 bits per heavy atom. The monoisotopic (exact) mass is 718 g/mol. The van der Waals surface area contributed by atoms with E-state index in [2.05, 4.69) is 124 Å². The van der Waals surface area contributed by atoms with Crippen molar-refractivity contribution in [2.24, 2.45) is 11.3 Å². The molecule has 6 rings (SSSR count). The quantitative estimate of drug-likeness (QED) is 0.273. The van der Waals surface area contributed by atoms with Gasteiger partial charge in [0.1, 0.15) is 0 Å². The van der Waals surface area contributed by atoms with Crippen molar-refractivity contribution in [2.45, 2.75) is 125 Å². The second-order valence-electron chi connectivity index (χ2n) is 16.1.